The highest BCUT2D eigenvalue weighted by molar-refractivity contribution is 6.31. The molecule has 158 valence electrons. The number of rotatable bonds is 2. The van der Waals surface area contributed by atoms with E-state index in [2.05, 4.69) is 10.2 Å². The molecule has 0 aromatic heterocycles. The van der Waals surface area contributed by atoms with Gasteiger partial charge in [-0.15, -0.1) is 0 Å². The Kier molecular flexibility index (Phi) is 3.83. The van der Waals surface area contributed by atoms with E-state index in [0.717, 1.165) is 12.8 Å². The van der Waals surface area contributed by atoms with Crippen LogP contribution < -0.4 is 15.0 Å². The van der Waals surface area contributed by atoms with Crippen molar-refractivity contribution in [3.63, 3.8) is 0 Å². The smallest absolute Gasteiger partial charge is 0.250 e. The summed E-state index contributed by atoms with van der Waals surface area (Å²) in [6, 6.07) is 11.9. The van der Waals surface area contributed by atoms with Gasteiger partial charge >= 0.3 is 0 Å². The molecule has 0 saturated carbocycles. The normalized spacial score (nSPS) is 31.2. The number of nitrogens with zero attached hydrogens (tertiary/aromatic N) is 2. The van der Waals surface area contributed by atoms with Crippen LogP contribution in [0.2, 0.25) is 5.02 Å². The number of methoxy groups -OCH3 is 1. The maximum Gasteiger partial charge on any atom is 0.250 e. The molecule has 3 amide bonds. The summed E-state index contributed by atoms with van der Waals surface area (Å²) < 4.78 is 5.20. The summed E-state index contributed by atoms with van der Waals surface area (Å²) in [4.78, 5) is 44.3. The zero-order chi connectivity index (χ0) is 21.5. The minimum Gasteiger partial charge on any atom is -0.497 e. The van der Waals surface area contributed by atoms with Gasteiger partial charge in [-0.3, -0.25) is 19.3 Å². The molecule has 4 atom stereocenters. The first kappa shape index (κ1) is 18.8. The highest BCUT2D eigenvalue weighted by Gasteiger charge is 2.74. The molecule has 4 aliphatic heterocycles. The largest absolute Gasteiger partial charge is 0.497 e. The highest BCUT2D eigenvalue weighted by Crippen LogP contribution is 2.60. The van der Waals surface area contributed by atoms with E-state index in [1.54, 1.807) is 49.6 Å². The Labute approximate surface area is 183 Å². The number of amides is 3. The Morgan fingerprint density at radius 3 is 2.61 bits per heavy atom. The predicted molar refractivity (Wildman–Crippen MR) is 114 cm³/mol. The van der Waals surface area contributed by atoms with Crippen molar-refractivity contribution in [1.29, 1.82) is 0 Å². The van der Waals surface area contributed by atoms with Crippen molar-refractivity contribution in [2.75, 3.05) is 23.9 Å². The van der Waals surface area contributed by atoms with Gasteiger partial charge in [0.05, 0.1) is 24.6 Å². The molecule has 2 aromatic rings. The van der Waals surface area contributed by atoms with Crippen molar-refractivity contribution in [2.45, 2.75) is 24.4 Å². The predicted octanol–water partition coefficient (Wildman–Crippen LogP) is 2.78. The lowest BCUT2D eigenvalue weighted by Crippen LogP contribution is -2.54. The molecule has 1 spiro atoms. The second kappa shape index (κ2) is 6.31. The van der Waals surface area contributed by atoms with Crippen molar-refractivity contribution in [2.24, 2.45) is 11.8 Å². The molecule has 3 fully saturated rings. The number of carbonyl (C=O) groups excluding carboxylic acids is 3. The lowest BCUT2D eigenvalue weighted by Gasteiger charge is -2.36. The molecule has 1 N–H and O–H groups in total. The first-order chi connectivity index (χ1) is 15.0. The fourth-order valence-corrected chi connectivity index (χ4v) is 6.33. The summed E-state index contributed by atoms with van der Waals surface area (Å²) in [6.07, 6.45) is 1.66. The third-order valence-electron chi connectivity index (χ3n) is 7.29. The van der Waals surface area contributed by atoms with Crippen LogP contribution in [0.3, 0.4) is 0 Å². The highest BCUT2D eigenvalue weighted by atomic mass is 35.5. The van der Waals surface area contributed by atoms with E-state index >= 15 is 0 Å². The van der Waals surface area contributed by atoms with Gasteiger partial charge in [-0.2, -0.15) is 0 Å². The number of nitrogens with one attached hydrogen (secondary N) is 1. The maximum absolute atomic E-state index is 13.8. The topological polar surface area (TPSA) is 78.9 Å². The molecular weight excluding hydrogens is 418 g/mol. The molecule has 31 heavy (non-hydrogen) atoms. The van der Waals surface area contributed by atoms with Crippen LogP contribution in [0.4, 0.5) is 11.4 Å². The van der Waals surface area contributed by atoms with Crippen LogP contribution in [0.25, 0.3) is 0 Å². The quantitative estimate of drug-likeness (QED) is 0.731. The second-order valence-electron chi connectivity index (χ2n) is 8.53. The molecule has 0 bridgehead atoms. The Morgan fingerprint density at radius 2 is 1.87 bits per heavy atom. The van der Waals surface area contributed by atoms with Crippen molar-refractivity contribution >= 4 is 40.7 Å². The second-order valence-corrected chi connectivity index (χ2v) is 8.96. The molecule has 0 aliphatic carbocycles. The molecule has 7 nitrogen and oxygen atoms in total. The van der Waals surface area contributed by atoms with Crippen LogP contribution in [0.15, 0.2) is 42.5 Å². The van der Waals surface area contributed by atoms with Gasteiger partial charge in [-0.25, -0.2) is 4.90 Å². The van der Waals surface area contributed by atoms with Crippen molar-refractivity contribution in [3.05, 3.63) is 53.1 Å². The van der Waals surface area contributed by atoms with Crippen LogP contribution in [0.1, 0.15) is 18.4 Å². The van der Waals surface area contributed by atoms with E-state index in [1.807, 2.05) is 0 Å². The SMILES string of the molecule is COc1ccc(N2C(=O)[C@H]3[C@@H](C2=O)[C@@]2(C(=O)Nc4ccc(Cl)cc42)N2CCC[C@@H]32)cc1. The Morgan fingerprint density at radius 1 is 1.10 bits per heavy atom. The molecule has 4 heterocycles. The summed E-state index contributed by atoms with van der Waals surface area (Å²) in [6.45, 7) is 0.667. The lowest BCUT2D eigenvalue weighted by molar-refractivity contribution is -0.135. The average molecular weight is 438 g/mol. The van der Waals surface area contributed by atoms with Gasteiger partial charge in [0.2, 0.25) is 17.7 Å². The van der Waals surface area contributed by atoms with Crippen LogP contribution in [-0.2, 0) is 19.9 Å². The van der Waals surface area contributed by atoms with Gasteiger partial charge in [-0.1, -0.05) is 11.6 Å². The number of halogens is 1. The Balaban J connectivity index is 1.53. The summed E-state index contributed by atoms with van der Waals surface area (Å²) >= 11 is 6.30. The van der Waals surface area contributed by atoms with E-state index in [1.165, 1.54) is 4.90 Å². The minimum absolute atomic E-state index is 0.152. The Bertz CT molecular complexity index is 1150. The van der Waals surface area contributed by atoms with Crippen molar-refractivity contribution in [3.8, 4) is 5.75 Å². The van der Waals surface area contributed by atoms with E-state index in [0.29, 0.717) is 34.3 Å². The van der Waals surface area contributed by atoms with E-state index < -0.39 is 17.4 Å². The lowest BCUT2D eigenvalue weighted by atomic mass is 9.75. The third kappa shape index (κ3) is 2.20. The monoisotopic (exact) mass is 437 g/mol. The van der Waals surface area contributed by atoms with Gasteiger partial charge in [0, 0.05) is 22.3 Å². The molecule has 8 heteroatoms. The van der Waals surface area contributed by atoms with Crippen LogP contribution in [0.5, 0.6) is 5.75 Å². The molecule has 3 saturated heterocycles. The number of ether oxygens (including phenoxy) is 1. The summed E-state index contributed by atoms with van der Waals surface area (Å²) in [5.74, 6) is -1.53. The van der Waals surface area contributed by atoms with Crippen LogP contribution in [-0.4, -0.2) is 42.3 Å². The maximum atomic E-state index is 13.8. The van der Waals surface area contributed by atoms with Gasteiger partial charge in [0.15, 0.2) is 0 Å². The first-order valence-electron chi connectivity index (χ1n) is 10.4. The number of hydrogen-bond donors (Lipinski definition) is 1. The van der Waals surface area contributed by atoms with Gasteiger partial charge < -0.3 is 10.1 Å². The molecule has 6 rings (SSSR count). The summed E-state index contributed by atoms with van der Waals surface area (Å²) in [5.41, 5.74) is 0.639. The fraction of sp³-hybridized carbons (Fsp3) is 0.348. The van der Waals surface area contributed by atoms with E-state index in [4.69, 9.17) is 16.3 Å². The summed E-state index contributed by atoms with van der Waals surface area (Å²) in [5, 5.41) is 3.45. The number of anilines is 2. The zero-order valence-electron chi connectivity index (χ0n) is 16.8. The van der Waals surface area contributed by atoms with Gasteiger partial charge in [0.1, 0.15) is 11.3 Å². The number of benzene rings is 2. The third-order valence-corrected chi connectivity index (χ3v) is 7.52. The molecule has 2 aromatic carbocycles. The van der Waals surface area contributed by atoms with Crippen LogP contribution in [0, 0.1) is 11.8 Å². The zero-order valence-corrected chi connectivity index (χ0v) is 17.6. The number of carbonyl (C=O) groups is 3. The van der Waals surface area contributed by atoms with Gasteiger partial charge in [-0.05, 0) is 61.9 Å². The number of fused-ring (bicyclic) bond motifs is 7. The minimum atomic E-state index is -1.21. The Hall–Kier alpha value is -2.90. The molecule has 4 aliphatic rings. The van der Waals surface area contributed by atoms with E-state index in [-0.39, 0.29) is 23.8 Å². The van der Waals surface area contributed by atoms with Crippen molar-refractivity contribution < 1.29 is 19.1 Å². The van der Waals surface area contributed by atoms with Crippen molar-refractivity contribution in [1.82, 2.24) is 4.90 Å². The van der Waals surface area contributed by atoms with E-state index in [9.17, 15) is 14.4 Å². The summed E-state index contributed by atoms with van der Waals surface area (Å²) in [7, 11) is 1.56. The number of imide groups is 1. The first-order valence-corrected chi connectivity index (χ1v) is 10.8. The molecular formula is C23H20ClN3O4. The fourth-order valence-electron chi connectivity index (χ4n) is 6.16. The molecule has 0 radical (unpaired) electrons. The average Bonchev–Trinajstić information content (AvgIpc) is 3.47. The standard InChI is InChI=1S/C23H20ClN3O4/c1-31-14-7-5-13(6-8-14)27-20(28)18-17-3-2-10-26(17)23(19(18)21(27)29)15-11-12(24)4-9-16(15)25-22(23)30/h4-9,11,17-19H,2-3,10H2,1H3,(H,25,30)/t17-,18+,19-,23-/m0/s1. The molecule has 0 unspecified atom stereocenters. The number of hydrogen-bond acceptors (Lipinski definition) is 5. The van der Waals surface area contributed by atoms with Crippen LogP contribution >= 0.6 is 11.6 Å². The van der Waals surface area contributed by atoms with Gasteiger partial charge in [0.25, 0.3) is 0 Å².